The summed E-state index contributed by atoms with van der Waals surface area (Å²) in [5.74, 6) is 0.723. The lowest BCUT2D eigenvalue weighted by molar-refractivity contribution is 0.102. The van der Waals surface area contributed by atoms with Gasteiger partial charge in [0.1, 0.15) is 5.75 Å². The highest BCUT2D eigenvalue weighted by atomic mass is 32.1. The van der Waals surface area contributed by atoms with Gasteiger partial charge in [0.25, 0.3) is 5.91 Å². The van der Waals surface area contributed by atoms with Gasteiger partial charge in [-0.05, 0) is 61.5 Å². The molecule has 0 aliphatic heterocycles. The summed E-state index contributed by atoms with van der Waals surface area (Å²) in [6.45, 7) is 2.61. The number of anilines is 3. The van der Waals surface area contributed by atoms with E-state index in [4.69, 9.17) is 4.74 Å². The zero-order valence-electron chi connectivity index (χ0n) is 15.3. The van der Waals surface area contributed by atoms with Crippen molar-refractivity contribution in [2.24, 2.45) is 0 Å². The third-order valence-electron chi connectivity index (χ3n) is 4.10. The predicted molar refractivity (Wildman–Crippen MR) is 115 cm³/mol. The van der Waals surface area contributed by atoms with Gasteiger partial charge in [0, 0.05) is 16.9 Å². The van der Waals surface area contributed by atoms with Crippen LogP contribution in [-0.4, -0.2) is 17.5 Å². The molecule has 0 atom stereocenters. The van der Waals surface area contributed by atoms with Gasteiger partial charge in [-0.15, -0.1) is 0 Å². The minimum absolute atomic E-state index is 0.127. The lowest BCUT2D eigenvalue weighted by Gasteiger charge is -2.07. The Balaban J connectivity index is 1.44. The number of aromatic nitrogens is 1. The van der Waals surface area contributed by atoms with Gasteiger partial charge >= 0.3 is 0 Å². The Hall–Kier alpha value is -3.38. The van der Waals surface area contributed by atoms with Crippen LogP contribution in [-0.2, 0) is 0 Å². The lowest BCUT2D eigenvalue weighted by Crippen LogP contribution is -2.11. The molecule has 0 bridgehead atoms. The number of carbonyl (C=O) groups is 1. The van der Waals surface area contributed by atoms with Crippen molar-refractivity contribution >= 4 is 44.0 Å². The third-order valence-corrected chi connectivity index (χ3v) is 5.03. The molecule has 28 heavy (non-hydrogen) atoms. The van der Waals surface area contributed by atoms with Crippen molar-refractivity contribution in [3.05, 3.63) is 78.4 Å². The first-order valence-corrected chi connectivity index (χ1v) is 9.80. The molecule has 0 radical (unpaired) electrons. The Bertz CT molecular complexity index is 1090. The molecule has 0 saturated carbocycles. The van der Waals surface area contributed by atoms with Crippen molar-refractivity contribution in [3.8, 4) is 5.75 Å². The van der Waals surface area contributed by atoms with Crippen molar-refractivity contribution in [2.75, 3.05) is 17.2 Å². The summed E-state index contributed by atoms with van der Waals surface area (Å²) in [5.41, 5.74) is 3.21. The first kappa shape index (κ1) is 18.0. The van der Waals surface area contributed by atoms with E-state index in [1.165, 1.54) is 0 Å². The quantitative estimate of drug-likeness (QED) is 0.445. The molecule has 0 aliphatic carbocycles. The fourth-order valence-electron chi connectivity index (χ4n) is 2.77. The second-order valence-electron chi connectivity index (χ2n) is 6.10. The highest BCUT2D eigenvalue weighted by Gasteiger charge is 2.07. The maximum Gasteiger partial charge on any atom is 0.255 e. The molecular weight excluding hydrogens is 370 g/mol. The van der Waals surface area contributed by atoms with Gasteiger partial charge in [-0.3, -0.25) is 4.79 Å². The number of nitrogens with zero attached hydrogens (tertiary/aromatic N) is 1. The van der Waals surface area contributed by atoms with Gasteiger partial charge < -0.3 is 15.4 Å². The Morgan fingerprint density at radius 3 is 2.50 bits per heavy atom. The van der Waals surface area contributed by atoms with Crippen LogP contribution in [0.4, 0.5) is 16.5 Å². The number of benzene rings is 3. The fraction of sp³-hybridized carbons (Fsp3) is 0.0909. The van der Waals surface area contributed by atoms with Crippen LogP contribution >= 0.6 is 11.3 Å². The summed E-state index contributed by atoms with van der Waals surface area (Å²) in [5, 5.41) is 7.02. The molecule has 5 nitrogen and oxygen atoms in total. The first-order chi connectivity index (χ1) is 13.7. The number of hydrogen-bond donors (Lipinski definition) is 2. The topological polar surface area (TPSA) is 63.2 Å². The minimum Gasteiger partial charge on any atom is -0.494 e. The van der Waals surface area contributed by atoms with Crippen LogP contribution in [0.5, 0.6) is 5.75 Å². The maximum atomic E-state index is 12.2. The fourth-order valence-corrected chi connectivity index (χ4v) is 3.68. The van der Waals surface area contributed by atoms with Crippen LogP contribution in [0.3, 0.4) is 0 Å². The lowest BCUT2D eigenvalue weighted by atomic mass is 10.2. The molecule has 0 aliphatic rings. The molecule has 4 aromatic rings. The Kier molecular flexibility index (Phi) is 5.21. The van der Waals surface area contributed by atoms with Crippen LogP contribution in [0.2, 0.25) is 0 Å². The number of thiazole rings is 1. The van der Waals surface area contributed by atoms with Crippen molar-refractivity contribution in [1.82, 2.24) is 4.98 Å². The van der Waals surface area contributed by atoms with E-state index < -0.39 is 0 Å². The predicted octanol–water partition coefficient (Wildman–Crippen LogP) is 5.69. The summed E-state index contributed by atoms with van der Waals surface area (Å²) in [4.78, 5) is 16.8. The normalized spacial score (nSPS) is 10.6. The van der Waals surface area contributed by atoms with Crippen molar-refractivity contribution in [1.29, 1.82) is 0 Å². The van der Waals surface area contributed by atoms with E-state index in [2.05, 4.69) is 15.6 Å². The molecule has 4 rings (SSSR count). The van der Waals surface area contributed by atoms with Gasteiger partial charge in [-0.25, -0.2) is 4.98 Å². The number of ether oxygens (including phenoxy) is 1. The molecular formula is C22H19N3O2S. The number of amides is 1. The van der Waals surface area contributed by atoms with Gasteiger partial charge in [-0.2, -0.15) is 0 Å². The molecule has 0 fully saturated rings. The largest absolute Gasteiger partial charge is 0.494 e. The molecule has 1 heterocycles. The summed E-state index contributed by atoms with van der Waals surface area (Å²) < 4.78 is 6.61. The summed E-state index contributed by atoms with van der Waals surface area (Å²) >= 11 is 1.57. The van der Waals surface area contributed by atoms with Crippen LogP contribution < -0.4 is 15.4 Å². The van der Waals surface area contributed by atoms with Gasteiger partial charge in [-0.1, -0.05) is 29.5 Å². The zero-order chi connectivity index (χ0) is 19.3. The second-order valence-corrected chi connectivity index (χ2v) is 7.13. The first-order valence-electron chi connectivity index (χ1n) is 8.98. The van der Waals surface area contributed by atoms with Crippen molar-refractivity contribution in [2.45, 2.75) is 6.92 Å². The van der Waals surface area contributed by atoms with Crippen LogP contribution in [0.1, 0.15) is 17.3 Å². The van der Waals surface area contributed by atoms with E-state index in [1.807, 2.05) is 67.6 Å². The van der Waals surface area contributed by atoms with E-state index in [9.17, 15) is 4.79 Å². The Labute approximate surface area is 167 Å². The molecule has 0 saturated heterocycles. The van der Waals surface area contributed by atoms with E-state index in [1.54, 1.807) is 23.5 Å². The summed E-state index contributed by atoms with van der Waals surface area (Å²) in [6.07, 6.45) is 0. The molecule has 0 unspecified atom stereocenters. The van der Waals surface area contributed by atoms with Crippen molar-refractivity contribution in [3.63, 3.8) is 0 Å². The number of rotatable bonds is 6. The van der Waals surface area contributed by atoms with Crippen LogP contribution in [0, 0.1) is 0 Å². The monoisotopic (exact) mass is 389 g/mol. The molecule has 1 amide bonds. The minimum atomic E-state index is -0.127. The molecule has 1 aromatic heterocycles. The highest BCUT2D eigenvalue weighted by Crippen LogP contribution is 2.31. The Morgan fingerprint density at radius 1 is 1.00 bits per heavy atom. The third kappa shape index (κ3) is 4.13. The zero-order valence-corrected chi connectivity index (χ0v) is 16.1. The van der Waals surface area contributed by atoms with E-state index in [0.717, 1.165) is 32.5 Å². The van der Waals surface area contributed by atoms with Crippen LogP contribution in [0.25, 0.3) is 10.2 Å². The van der Waals surface area contributed by atoms with Gasteiger partial charge in [0.05, 0.1) is 16.8 Å². The average Bonchev–Trinajstić information content (AvgIpc) is 3.12. The molecule has 6 heteroatoms. The van der Waals surface area contributed by atoms with Crippen LogP contribution in [0.15, 0.2) is 72.8 Å². The summed E-state index contributed by atoms with van der Waals surface area (Å²) in [6, 6.07) is 22.6. The molecule has 140 valence electrons. The standard InChI is InChI=1S/C22H19N3O2S/c1-2-27-18-12-13-19-20(14-18)28-22(25-19)24-17-10-8-16(9-11-17)23-21(26)15-6-4-3-5-7-15/h3-14H,2H2,1H3,(H,23,26)(H,24,25). The van der Waals surface area contributed by atoms with Gasteiger partial charge in [0.15, 0.2) is 5.13 Å². The Morgan fingerprint density at radius 2 is 1.75 bits per heavy atom. The molecule has 2 N–H and O–H groups in total. The number of hydrogen-bond acceptors (Lipinski definition) is 5. The number of fused-ring (bicyclic) bond motifs is 1. The smallest absolute Gasteiger partial charge is 0.255 e. The SMILES string of the molecule is CCOc1ccc2nc(Nc3ccc(NC(=O)c4ccccc4)cc3)sc2c1. The highest BCUT2D eigenvalue weighted by molar-refractivity contribution is 7.22. The number of nitrogens with one attached hydrogen (secondary N) is 2. The average molecular weight is 389 g/mol. The maximum absolute atomic E-state index is 12.2. The van der Waals surface area contributed by atoms with E-state index in [0.29, 0.717) is 12.2 Å². The second kappa shape index (κ2) is 8.10. The molecule has 0 spiro atoms. The van der Waals surface area contributed by atoms with E-state index >= 15 is 0 Å². The molecule has 3 aromatic carbocycles. The van der Waals surface area contributed by atoms with E-state index in [-0.39, 0.29) is 5.91 Å². The summed E-state index contributed by atoms with van der Waals surface area (Å²) in [7, 11) is 0. The van der Waals surface area contributed by atoms with Crippen molar-refractivity contribution < 1.29 is 9.53 Å². The van der Waals surface area contributed by atoms with Gasteiger partial charge in [0.2, 0.25) is 0 Å². The number of carbonyl (C=O) groups excluding carboxylic acids is 1.